The number of nitrogens with one attached hydrogen (secondary N) is 2. The molecule has 1 heterocycles. The first-order valence-electron chi connectivity index (χ1n) is 6.21. The van der Waals surface area contributed by atoms with Gasteiger partial charge in [-0.25, -0.2) is 9.18 Å². The fourth-order valence-electron chi connectivity index (χ4n) is 1.88. The van der Waals surface area contributed by atoms with Crippen LogP contribution in [-0.2, 0) is 4.74 Å². The summed E-state index contributed by atoms with van der Waals surface area (Å²) in [6, 6.07) is 5.22. The lowest BCUT2D eigenvalue weighted by Gasteiger charge is -2.15. The summed E-state index contributed by atoms with van der Waals surface area (Å²) in [6.45, 7) is 1.25. The van der Waals surface area contributed by atoms with Crippen LogP contribution in [0.2, 0.25) is 0 Å². The van der Waals surface area contributed by atoms with Crippen molar-refractivity contribution >= 4 is 6.03 Å². The fourth-order valence-corrected chi connectivity index (χ4v) is 1.88. The monoisotopic (exact) mass is 268 g/mol. The molecule has 2 amide bonds. The lowest BCUT2D eigenvalue weighted by Crippen LogP contribution is -2.43. The van der Waals surface area contributed by atoms with E-state index < -0.39 is 6.10 Å². The Morgan fingerprint density at radius 3 is 2.84 bits per heavy atom. The molecular formula is C13H17FN2O3. The molecule has 1 saturated heterocycles. The van der Waals surface area contributed by atoms with Crippen molar-refractivity contribution in [3.8, 4) is 0 Å². The molecule has 6 heteroatoms. The number of aliphatic hydroxyl groups excluding tert-OH is 1. The standard InChI is InChI=1S/C13H17FN2O3/c14-10-3-1-9(2-4-10)12(17)7-15-13(18)16-11-5-6-19-8-11/h1-4,11-12,17H,5-8H2,(H2,15,16,18). The zero-order chi connectivity index (χ0) is 13.7. The van der Waals surface area contributed by atoms with Crippen LogP contribution in [0.15, 0.2) is 24.3 Å². The molecule has 2 rings (SSSR count). The first-order chi connectivity index (χ1) is 9.15. The van der Waals surface area contributed by atoms with Crippen LogP contribution in [0.4, 0.5) is 9.18 Å². The van der Waals surface area contributed by atoms with Crippen molar-refractivity contribution in [3.05, 3.63) is 35.6 Å². The minimum Gasteiger partial charge on any atom is -0.387 e. The van der Waals surface area contributed by atoms with Gasteiger partial charge in [0.05, 0.1) is 18.8 Å². The van der Waals surface area contributed by atoms with Gasteiger partial charge in [0.15, 0.2) is 0 Å². The minimum absolute atomic E-state index is 0.0305. The highest BCUT2D eigenvalue weighted by Gasteiger charge is 2.18. The Kier molecular flexibility index (Phi) is 4.70. The van der Waals surface area contributed by atoms with Gasteiger partial charge in [-0.05, 0) is 24.1 Å². The number of amides is 2. The topological polar surface area (TPSA) is 70.6 Å². The van der Waals surface area contributed by atoms with Crippen LogP contribution in [0, 0.1) is 5.82 Å². The van der Waals surface area contributed by atoms with Gasteiger partial charge < -0.3 is 20.5 Å². The first-order valence-corrected chi connectivity index (χ1v) is 6.21. The maximum atomic E-state index is 12.7. The summed E-state index contributed by atoms with van der Waals surface area (Å²) < 4.78 is 17.9. The van der Waals surface area contributed by atoms with E-state index in [0.29, 0.717) is 18.8 Å². The van der Waals surface area contributed by atoms with Gasteiger partial charge in [0, 0.05) is 13.2 Å². The molecule has 2 unspecified atom stereocenters. The van der Waals surface area contributed by atoms with E-state index >= 15 is 0 Å². The second-order valence-electron chi connectivity index (χ2n) is 4.48. The smallest absolute Gasteiger partial charge is 0.315 e. The second kappa shape index (κ2) is 6.49. The predicted molar refractivity (Wildman–Crippen MR) is 67.1 cm³/mol. The highest BCUT2D eigenvalue weighted by molar-refractivity contribution is 5.74. The number of benzene rings is 1. The average molecular weight is 268 g/mol. The van der Waals surface area contributed by atoms with Crippen molar-refractivity contribution in [3.63, 3.8) is 0 Å². The number of urea groups is 1. The molecule has 0 aliphatic carbocycles. The Morgan fingerprint density at radius 1 is 1.47 bits per heavy atom. The van der Waals surface area contributed by atoms with E-state index in [-0.39, 0.29) is 24.4 Å². The molecule has 0 saturated carbocycles. The quantitative estimate of drug-likeness (QED) is 0.761. The van der Waals surface area contributed by atoms with Crippen molar-refractivity contribution in [1.82, 2.24) is 10.6 Å². The summed E-state index contributed by atoms with van der Waals surface area (Å²) in [5.74, 6) is -0.358. The minimum atomic E-state index is -0.855. The number of aliphatic hydroxyl groups is 1. The van der Waals surface area contributed by atoms with Crippen LogP contribution in [0.5, 0.6) is 0 Å². The third-order valence-electron chi connectivity index (χ3n) is 2.98. The molecule has 5 nitrogen and oxygen atoms in total. The molecule has 3 N–H and O–H groups in total. The van der Waals surface area contributed by atoms with Crippen molar-refractivity contribution in [2.75, 3.05) is 19.8 Å². The number of hydrogen-bond acceptors (Lipinski definition) is 3. The van der Waals surface area contributed by atoms with Gasteiger partial charge in [0.2, 0.25) is 0 Å². The maximum absolute atomic E-state index is 12.7. The van der Waals surface area contributed by atoms with Gasteiger partial charge in [0.1, 0.15) is 5.82 Å². The zero-order valence-electron chi connectivity index (χ0n) is 10.4. The largest absolute Gasteiger partial charge is 0.387 e. The van der Waals surface area contributed by atoms with Crippen molar-refractivity contribution < 1.29 is 19.0 Å². The second-order valence-corrected chi connectivity index (χ2v) is 4.48. The third kappa shape index (κ3) is 4.18. The third-order valence-corrected chi connectivity index (χ3v) is 2.98. The van der Waals surface area contributed by atoms with E-state index in [1.165, 1.54) is 24.3 Å². The van der Waals surface area contributed by atoms with Crippen molar-refractivity contribution in [1.29, 1.82) is 0 Å². The Balaban J connectivity index is 1.74. The molecule has 0 spiro atoms. The molecule has 1 aromatic carbocycles. The van der Waals surface area contributed by atoms with Gasteiger partial charge in [-0.15, -0.1) is 0 Å². The highest BCUT2D eigenvalue weighted by atomic mass is 19.1. The number of halogens is 1. The van der Waals surface area contributed by atoms with Gasteiger partial charge in [-0.2, -0.15) is 0 Å². The van der Waals surface area contributed by atoms with E-state index in [1.807, 2.05) is 0 Å². The van der Waals surface area contributed by atoms with E-state index in [4.69, 9.17) is 4.74 Å². The molecule has 0 radical (unpaired) electrons. The number of hydrogen-bond donors (Lipinski definition) is 3. The Labute approximate surface area is 110 Å². The lowest BCUT2D eigenvalue weighted by molar-refractivity contribution is 0.170. The molecule has 1 aliphatic heterocycles. The van der Waals surface area contributed by atoms with Crippen molar-refractivity contribution in [2.24, 2.45) is 0 Å². The summed E-state index contributed by atoms with van der Waals surface area (Å²) in [5.41, 5.74) is 0.561. The number of carbonyl (C=O) groups is 1. The Bertz CT molecular complexity index is 418. The summed E-state index contributed by atoms with van der Waals surface area (Å²) in [7, 11) is 0. The normalized spacial score (nSPS) is 20.0. The number of rotatable bonds is 4. The molecule has 0 bridgehead atoms. The molecule has 1 fully saturated rings. The molecular weight excluding hydrogens is 251 g/mol. The van der Waals surface area contributed by atoms with E-state index in [0.717, 1.165) is 6.42 Å². The highest BCUT2D eigenvalue weighted by Crippen LogP contribution is 2.12. The van der Waals surface area contributed by atoms with Crippen LogP contribution < -0.4 is 10.6 Å². The van der Waals surface area contributed by atoms with Gasteiger partial charge in [-0.1, -0.05) is 12.1 Å². The first kappa shape index (κ1) is 13.8. The van der Waals surface area contributed by atoms with Crippen LogP contribution >= 0.6 is 0 Å². The maximum Gasteiger partial charge on any atom is 0.315 e. The molecule has 104 valence electrons. The van der Waals surface area contributed by atoms with Crippen molar-refractivity contribution in [2.45, 2.75) is 18.6 Å². The van der Waals surface area contributed by atoms with Gasteiger partial charge in [-0.3, -0.25) is 0 Å². The molecule has 1 aromatic rings. The Morgan fingerprint density at radius 2 is 2.21 bits per heavy atom. The van der Waals surface area contributed by atoms with Crippen LogP contribution in [-0.4, -0.2) is 36.9 Å². The SMILES string of the molecule is O=C(NCC(O)c1ccc(F)cc1)NC1CCOC1. The predicted octanol–water partition coefficient (Wildman–Crippen LogP) is 0.947. The van der Waals surface area contributed by atoms with E-state index in [2.05, 4.69) is 10.6 Å². The zero-order valence-corrected chi connectivity index (χ0v) is 10.4. The van der Waals surface area contributed by atoms with Gasteiger partial charge >= 0.3 is 6.03 Å². The molecule has 19 heavy (non-hydrogen) atoms. The Hall–Kier alpha value is -1.66. The summed E-state index contributed by atoms with van der Waals surface area (Å²) in [6.07, 6.45) is -0.0559. The fraction of sp³-hybridized carbons (Fsp3) is 0.462. The van der Waals surface area contributed by atoms with Crippen LogP contribution in [0.25, 0.3) is 0 Å². The number of ether oxygens (including phenoxy) is 1. The molecule has 1 aliphatic rings. The van der Waals surface area contributed by atoms with Crippen LogP contribution in [0.3, 0.4) is 0 Å². The van der Waals surface area contributed by atoms with Gasteiger partial charge in [0.25, 0.3) is 0 Å². The molecule has 0 aromatic heterocycles. The lowest BCUT2D eigenvalue weighted by atomic mass is 10.1. The van der Waals surface area contributed by atoms with E-state index in [1.54, 1.807) is 0 Å². The van der Waals surface area contributed by atoms with E-state index in [9.17, 15) is 14.3 Å². The summed E-state index contributed by atoms with van der Waals surface area (Å²) in [4.78, 5) is 11.5. The average Bonchev–Trinajstić information content (AvgIpc) is 2.89. The summed E-state index contributed by atoms with van der Waals surface area (Å²) in [5, 5.41) is 15.2. The number of carbonyl (C=O) groups excluding carboxylic acids is 1. The van der Waals surface area contributed by atoms with Crippen LogP contribution in [0.1, 0.15) is 18.1 Å². The molecule has 2 atom stereocenters. The summed E-state index contributed by atoms with van der Waals surface area (Å²) >= 11 is 0.